The topological polar surface area (TPSA) is 38.7 Å². The fourth-order valence-corrected chi connectivity index (χ4v) is 4.19. The number of nitrogens with one attached hydrogen (secondary N) is 1. The molecule has 0 aliphatic carbocycles. The number of rotatable bonds is 6. The average Bonchev–Trinajstić information content (AvgIpc) is 3.11. The molecule has 1 unspecified atom stereocenters. The van der Waals surface area contributed by atoms with Crippen molar-refractivity contribution in [3.8, 4) is 0 Å². The maximum atomic E-state index is 14.4. The van der Waals surface area contributed by atoms with E-state index in [1.807, 2.05) is 13.0 Å². The fourth-order valence-electron chi connectivity index (χ4n) is 4.19. The molecular formula is C20H32FN3O. The summed E-state index contributed by atoms with van der Waals surface area (Å²) in [5.41, 5.74) is 0.979. The molecule has 2 aliphatic heterocycles. The normalized spacial score (nSPS) is 22.3. The van der Waals surface area contributed by atoms with Crippen LogP contribution in [0.15, 0.2) is 18.2 Å². The van der Waals surface area contributed by atoms with Crippen molar-refractivity contribution in [2.45, 2.75) is 44.8 Å². The van der Waals surface area contributed by atoms with E-state index in [1.165, 1.54) is 18.9 Å². The molecule has 2 heterocycles. The number of benzene rings is 1. The van der Waals surface area contributed by atoms with Gasteiger partial charge in [0.15, 0.2) is 0 Å². The molecule has 2 N–H and O–H groups in total. The third-order valence-electron chi connectivity index (χ3n) is 5.92. The molecule has 25 heavy (non-hydrogen) atoms. The summed E-state index contributed by atoms with van der Waals surface area (Å²) >= 11 is 0. The molecule has 5 heteroatoms. The monoisotopic (exact) mass is 349 g/mol. The van der Waals surface area contributed by atoms with Gasteiger partial charge in [0.25, 0.3) is 0 Å². The van der Waals surface area contributed by atoms with Crippen molar-refractivity contribution in [2.75, 3.05) is 44.7 Å². The first-order valence-corrected chi connectivity index (χ1v) is 9.61. The van der Waals surface area contributed by atoms with E-state index in [2.05, 4.69) is 22.2 Å². The Morgan fingerprint density at radius 2 is 1.88 bits per heavy atom. The van der Waals surface area contributed by atoms with E-state index in [0.717, 1.165) is 50.3 Å². The molecular weight excluding hydrogens is 317 g/mol. The minimum Gasteiger partial charge on any atom is -0.389 e. The van der Waals surface area contributed by atoms with Crippen LogP contribution < -0.4 is 10.2 Å². The first-order valence-electron chi connectivity index (χ1n) is 9.61. The Bertz CT molecular complexity index is 564. The Balaban J connectivity index is 1.60. The quantitative estimate of drug-likeness (QED) is 0.828. The highest BCUT2D eigenvalue weighted by Gasteiger charge is 2.33. The maximum Gasteiger partial charge on any atom is 0.129 e. The number of halogens is 1. The molecule has 0 amide bonds. The van der Waals surface area contributed by atoms with E-state index >= 15 is 0 Å². The Morgan fingerprint density at radius 1 is 1.20 bits per heavy atom. The van der Waals surface area contributed by atoms with E-state index < -0.39 is 5.60 Å². The van der Waals surface area contributed by atoms with E-state index in [4.69, 9.17) is 0 Å². The average molecular weight is 349 g/mol. The van der Waals surface area contributed by atoms with Crippen LogP contribution in [-0.4, -0.2) is 55.4 Å². The van der Waals surface area contributed by atoms with Gasteiger partial charge in [-0.15, -0.1) is 0 Å². The zero-order chi connectivity index (χ0) is 17.9. The smallest absolute Gasteiger partial charge is 0.129 e. The Labute approximate surface area is 151 Å². The van der Waals surface area contributed by atoms with Gasteiger partial charge in [-0.25, -0.2) is 4.39 Å². The first-order chi connectivity index (χ1) is 12.0. The van der Waals surface area contributed by atoms with Crippen molar-refractivity contribution in [1.82, 2.24) is 10.2 Å². The van der Waals surface area contributed by atoms with E-state index in [9.17, 15) is 9.50 Å². The van der Waals surface area contributed by atoms with Gasteiger partial charge in [-0.2, -0.15) is 0 Å². The van der Waals surface area contributed by atoms with Crippen molar-refractivity contribution in [2.24, 2.45) is 5.92 Å². The minimum absolute atomic E-state index is 0.157. The molecule has 2 fully saturated rings. The molecule has 0 spiro atoms. The molecule has 140 valence electrons. The molecule has 3 rings (SSSR count). The van der Waals surface area contributed by atoms with Gasteiger partial charge in [0.1, 0.15) is 5.82 Å². The van der Waals surface area contributed by atoms with Gasteiger partial charge in [0.05, 0.1) is 5.60 Å². The lowest BCUT2D eigenvalue weighted by Crippen LogP contribution is -2.48. The van der Waals surface area contributed by atoms with E-state index in [1.54, 1.807) is 6.07 Å². The number of anilines is 1. The second-order valence-corrected chi connectivity index (χ2v) is 7.97. The van der Waals surface area contributed by atoms with Crippen LogP contribution in [0.3, 0.4) is 0 Å². The maximum absolute atomic E-state index is 14.4. The summed E-state index contributed by atoms with van der Waals surface area (Å²) in [5, 5.41) is 14.2. The third kappa shape index (κ3) is 4.52. The summed E-state index contributed by atoms with van der Waals surface area (Å²) < 4.78 is 14.4. The summed E-state index contributed by atoms with van der Waals surface area (Å²) in [6.07, 6.45) is 4.39. The van der Waals surface area contributed by atoms with Gasteiger partial charge in [-0.05, 0) is 70.8 Å². The lowest BCUT2D eigenvalue weighted by Gasteiger charge is -2.38. The van der Waals surface area contributed by atoms with Crippen molar-refractivity contribution in [3.63, 3.8) is 0 Å². The van der Waals surface area contributed by atoms with Gasteiger partial charge >= 0.3 is 0 Å². The van der Waals surface area contributed by atoms with Crippen LogP contribution in [0.1, 0.15) is 38.2 Å². The van der Waals surface area contributed by atoms with Crippen molar-refractivity contribution in [3.05, 3.63) is 29.6 Å². The summed E-state index contributed by atoms with van der Waals surface area (Å²) in [7, 11) is 2.13. The van der Waals surface area contributed by atoms with Crippen molar-refractivity contribution >= 4 is 5.69 Å². The number of hydrogen-bond acceptors (Lipinski definition) is 4. The Morgan fingerprint density at radius 3 is 2.56 bits per heavy atom. The summed E-state index contributed by atoms with van der Waals surface area (Å²) in [6.45, 7) is 6.95. The number of aliphatic hydroxyl groups is 1. The Hall–Kier alpha value is -1.17. The van der Waals surface area contributed by atoms with E-state index in [0.29, 0.717) is 19.0 Å². The second kappa shape index (κ2) is 8.02. The molecule has 0 aromatic heterocycles. The zero-order valence-electron chi connectivity index (χ0n) is 15.6. The number of likely N-dealkylation sites (tertiary alicyclic amines) is 1. The largest absolute Gasteiger partial charge is 0.389 e. The molecule has 4 nitrogen and oxygen atoms in total. The molecule has 2 aliphatic rings. The van der Waals surface area contributed by atoms with Crippen LogP contribution in [0.4, 0.5) is 10.1 Å². The highest BCUT2D eigenvalue weighted by Crippen LogP contribution is 2.29. The highest BCUT2D eigenvalue weighted by molar-refractivity contribution is 5.54. The van der Waals surface area contributed by atoms with Gasteiger partial charge in [-0.3, -0.25) is 0 Å². The molecule has 0 saturated carbocycles. The van der Waals surface area contributed by atoms with Crippen molar-refractivity contribution in [1.29, 1.82) is 0 Å². The SMILES string of the molecule is CN1CCC(C(C)(O)CNCc2c(F)cccc2N2CCCC2)CC1. The van der Waals surface area contributed by atoms with Crippen LogP contribution in [0, 0.1) is 11.7 Å². The van der Waals surface area contributed by atoms with Gasteiger partial charge in [0.2, 0.25) is 0 Å². The number of hydrogen-bond donors (Lipinski definition) is 2. The van der Waals surface area contributed by atoms with Gasteiger partial charge < -0.3 is 20.2 Å². The zero-order valence-corrected chi connectivity index (χ0v) is 15.6. The lowest BCUT2D eigenvalue weighted by molar-refractivity contribution is -0.0241. The van der Waals surface area contributed by atoms with Crippen molar-refractivity contribution < 1.29 is 9.50 Å². The third-order valence-corrected chi connectivity index (χ3v) is 5.92. The van der Waals surface area contributed by atoms with Gasteiger partial charge in [-0.1, -0.05) is 6.07 Å². The van der Waals surface area contributed by atoms with Gasteiger partial charge in [0, 0.05) is 37.4 Å². The predicted octanol–water partition coefficient (Wildman–Crippen LogP) is 2.61. The number of piperidine rings is 1. The molecule has 1 aromatic carbocycles. The highest BCUT2D eigenvalue weighted by atomic mass is 19.1. The lowest BCUT2D eigenvalue weighted by atomic mass is 9.81. The molecule has 1 atom stereocenters. The standard InChI is InChI=1S/C20H32FN3O/c1-20(25,16-8-12-23(2)13-9-16)15-22-14-17-18(21)6-5-7-19(17)24-10-3-4-11-24/h5-7,16,22,25H,3-4,8-15H2,1-2H3. The first kappa shape index (κ1) is 18.6. The molecule has 0 radical (unpaired) electrons. The fraction of sp³-hybridized carbons (Fsp3) is 0.700. The molecule has 1 aromatic rings. The second-order valence-electron chi connectivity index (χ2n) is 7.97. The van der Waals surface area contributed by atoms with Crippen LogP contribution >= 0.6 is 0 Å². The van der Waals surface area contributed by atoms with E-state index in [-0.39, 0.29) is 5.82 Å². The van der Waals surface area contributed by atoms with Crippen LogP contribution in [0.25, 0.3) is 0 Å². The summed E-state index contributed by atoms with van der Waals surface area (Å²) in [4.78, 5) is 4.58. The summed E-state index contributed by atoms with van der Waals surface area (Å²) in [5.74, 6) is 0.144. The Kier molecular flexibility index (Phi) is 5.97. The minimum atomic E-state index is -0.750. The number of nitrogens with zero attached hydrogens (tertiary/aromatic N) is 2. The van der Waals surface area contributed by atoms with Crippen LogP contribution in [-0.2, 0) is 6.54 Å². The van der Waals surface area contributed by atoms with Crippen LogP contribution in [0.2, 0.25) is 0 Å². The predicted molar refractivity (Wildman–Crippen MR) is 100 cm³/mol. The molecule has 0 bridgehead atoms. The summed E-state index contributed by atoms with van der Waals surface area (Å²) in [6, 6.07) is 5.34. The van der Waals surface area contributed by atoms with Crippen LogP contribution in [0.5, 0.6) is 0 Å². The molecule has 2 saturated heterocycles.